The van der Waals surface area contributed by atoms with Crippen molar-refractivity contribution in [1.29, 1.82) is 0 Å². The third-order valence-electron chi connectivity index (χ3n) is 2.35. The largest absolute Gasteiger partial charge is 0.373 e. The number of nitrogens with zero attached hydrogens (tertiary/aromatic N) is 2. The lowest BCUT2D eigenvalue weighted by molar-refractivity contribution is 0.404. The molecule has 1 aliphatic heterocycles. The zero-order valence-electron chi connectivity index (χ0n) is 7.68. The summed E-state index contributed by atoms with van der Waals surface area (Å²) in [7, 11) is 0. The smallest absolute Gasteiger partial charge is 0.131 e. The zero-order valence-corrected chi connectivity index (χ0v) is 7.68. The predicted octanol–water partition coefficient (Wildman–Crippen LogP) is 1.57. The van der Waals surface area contributed by atoms with Crippen LogP contribution >= 0.6 is 0 Å². The quantitative estimate of drug-likeness (QED) is 0.668. The van der Waals surface area contributed by atoms with Gasteiger partial charge in [0.2, 0.25) is 0 Å². The Hall–Kier alpha value is -1.48. The van der Waals surface area contributed by atoms with E-state index in [2.05, 4.69) is 9.97 Å². The Bertz CT molecular complexity index is 466. The highest BCUT2D eigenvalue weighted by atomic mass is 16.6. The van der Waals surface area contributed by atoms with Gasteiger partial charge in [0.1, 0.15) is 5.82 Å². The number of fused-ring (bicyclic) bond motifs is 1. The molecule has 0 aliphatic carbocycles. The maximum absolute atomic E-state index is 5.14. The maximum Gasteiger partial charge on any atom is 0.131 e. The fraction of sp³-hybridized carbons (Fsp3) is 0.273. The maximum atomic E-state index is 5.14. The summed E-state index contributed by atoms with van der Waals surface area (Å²) in [6, 6.07) is 8.02. The van der Waals surface area contributed by atoms with E-state index < -0.39 is 0 Å². The number of rotatable bonds is 2. The van der Waals surface area contributed by atoms with Crippen LogP contribution in [0.4, 0.5) is 0 Å². The molecule has 1 unspecified atom stereocenters. The van der Waals surface area contributed by atoms with Gasteiger partial charge in [-0.2, -0.15) is 0 Å². The Balaban J connectivity index is 2.01. The Kier molecular flexibility index (Phi) is 1.70. The topological polar surface area (TPSA) is 38.3 Å². The second-order valence-electron chi connectivity index (χ2n) is 3.50. The van der Waals surface area contributed by atoms with E-state index >= 15 is 0 Å². The molecule has 3 heteroatoms. The molecule has 3 nitrogen and oxygen atoms in total. The van der Waals surface area contributed by atoms with Crippen LogP contribution in [0.5, 0.6) is 0 Å². The second kappa shape index (κ2) is 3.03. The van der Waals surface area contributed by atoms with Crippen LogP contribution < -0.4 is 0 Å². The first-order chi connectivity index (χ1) is 6.92. The molecule has 0 amide bonds. The van der Waals surface area contributed by atoms with Gasteiger partial charge in [-0.1, -0.05) is 18.2 Å². The summed E-state index contributed by atoms with van der Waals surface area (Å²) >= 11 is 0. The lowest BCUT2D eigenvalue weighted by atomic mass is 10.2. The first kappa shape index (κ1) is 7.88. The normalized spacial score (nSPS) is 19.9. The van der Waals surface area contributed by atoms with Crippen LogP contribution in [0.25, 0.3) is 10.9 Å². The molecule has 0 radical (unpaired) electrons. The summed E-state index contributed by atoms with van der Waals surface area (Å²) in [4.78, 5) is 8.76. The summed E-state index contributed by atoms with van der Waals surface area (Å²) in [5.74, 6) is 0.881. The zero-order chi connectivity index (χ0) is 9.38. The molecule has 1 aromatic heterocycles. The minimum atomic E-state index is 0.358. The van der Waals surface area contributed by atoms with Crippen molar-refractivity contribution in [1.82, 2.24) is 9.97 Å². The molecule has 0 saturated carbocycles. The number of ether oxygens (including phenoxy) is 1. The minimum Gasteiger partial charge on any atom is -0.373 e. The van der Waals surface area contributed by atoms with E-state index in [0.29, 0.717) is 6.10 Å². The van der Waals surface area contributed by atoms with E-state index in [1.807, 2.05) is 30.5 Å². The van der Waals surface area contributed by atoms with Crippen molar-refractivity contribution in [3.8, 4) is 0 Å². The van der Waals surface area contributed by atoms with Crippen LogP contribution in [0.3, 0.4) is 0 Å². The van der Waals surface area contributed by atoms with Crippen molar-refractivity contribution >= 4 is 10.9 Å². The van der Waals surface area contributed by atoms with Gasteiger partial charge in [0, 0.05) is 18.0 Å². The van der Waals surface area contributed by atoms with Gasteiger partial charge in [0.15, 0.2) is 0 Å². The average molecular weight is 186 g/mol. The summed E-state index contributed by atoms with van der Waals surface area (Å²) in [6.45, 7) is 0.857. The molecule has 1 fully saturated rings. The van der Waals surface area contributed by atoms with E-state index in [0.717, 1.165) is 29.8 Å². The predicted molar refractivity (Wildman–Crippen MR) is 53.0 cm³/mol. The molecule has 2 heterocycles. The summed E-state index contributed by atoms with van der Waals surface area (Å²) in [5, 5.41) is 1.09. The summed E-state index contributed by atoms with van der Waals surface area (Å²) in [6.07, 6.45) is 3.07. The molecule has 1 aromatic carbocycles. The Labute approximate surface area is 81.8 Å². The van der Waals surface area contributed by atoms with Gasteiger partial charge in [0.05, 0.1) is 18.2 Å². The van der Waals surface area contributed by atoms with E-state index in [1.54, 1.807) is 0 Å². The van der Waals surface area contributed by atoms with Crippen LogP contribution in [0, 0.1) is 0 Å². The van der Waals surface area contributed by atoms with Crippen molar-refractivity contribution in [2.45, 2.75) is 12.5 Å². The number of para-hydroxylation sites is 1. The fourth-order valence-corrected chi connectivity index (χ4v) is 1.50. The first-order valence-electron chi connectivity index (χ1n) is 4.74. The Morgan fingerprint density at radius 3 is 3.07 bits per heavy atom. The van der Waals surface area contributed by atoms with Crippen LogP contribution in [-0.4, -0.2) is 22.7 Å². The van der Waals surface area contributed by atoms with Crippen molar-refractivity contribution in [2.75, 3.05) is 6.61 Å². The van der Waals surface area contributed by atoms with Crippen molar-refractivity contribution in [3.63, 3.8) is 0 Å². The highest BCUT2D eigenvalue weighted by Gasteiger charge is 2.23. The average Bonchev–Trinajstić information content (AvgIpc) is 3.02. The van der Waals surface area contributed by atoms with Gasteiger partial charge in [-0.25, -0.2) is 9.97 Å². The molecule has 3 rings (SSSR count). The van der Waals surface area contributed by atoms with Crippen LogP contribution in [0.2, 0.25) is 0 Å². The molecular formula is C11H10N2O. The lowest BCUT2D eigenvalue weighted by Gasteiger charge is -1.99. The molecule has 1 aliphatic rings. The molecular weight excluding hydrogens is 176 g/mol. The standard InChI is InChI=1S/C11H10N2O/c1-2-4-10-8(3-1)6-12-11(13-10)5-9-7-14-9/h1-4,6,9H,5,7H2. The molecule has 0 spiro atoms. The number of epoxide rings is 1. The second-order valence-corrected chi connectivity index (χ2v) is 3.50. The number of aromatic nitrogens is 2. The van der Waals surface area contributed by atoms with E-state index in [4.69, 9.17) is 4.74 Å². The van der Waals surface area contributed by atoms with Crippen LogP contribution in [-0.2, 0) is 11.2 Å². The van der Waals surface area contributed by atoms with Crippen molar-refractivity contribution in [3.05, 3.63) is 36.3 Å². The SMILES string of the molecule is c1ccc2nc(CC3CO3)ncc2c1. The highest BCUT2D eigenvalue weighted by Crippen LogP contribution is 2.15. The third-order valence-corrected chi connectivity index (χ3v) is 2.35. The first-order valence-corrected chi connectivity index (χ1v) is 4.74. The number of hydrogen-bond acceptors (Lipinski definition) is 3. The van der Waals surface area contributed by atoms with Crippen molar-refractivity contribution < 1.29 is 4.74 Å². The molecule has 2 aromatic rings. The van der Waals surface area contributed by atoms with Gasteiger partial charge in [-0.15, -0.1) is 0 Å². The molecule has 1 saturated heterocycles. The third kappa shape index (κ3) is 1.46. The van der Waals surface area contributed by atoms with Gasteiger partial charge in [-0.3, -0.25) is 0 Å². The molecule has 0 N–H and O–H groups in total. The molecule has 0 bridgehead atoms. The van der Waals surface area contributed by atoms with E-state index in [-0.39, 0.29) is 0 Å². The van der Waals surface area contributed by atoms with Crippen LogP contribution in [0.1, 0.15) is 5.82 Å². The Morgan fingerprint density at radius 1 is 1.36 bits per heavy atom. The minimum absolute atomic E-state index is 0.358. The van der Waals surface area contributed by atoms with Gasteiger partial charge in [-0.05, 0) is 6.07 Å². The van der Waals surface area contributed by atoms with Gasteiger partial charge < -0.3 is 4.74 Å². The lowest BCUT2D eigenvalue weighted by Crippen LogP contribution is -1.99. The van der Waals surface area contributed by atoms with Gasteiger partial charge in [0.25, 0.3) is 0 Å². The van der Waals surface area contributed by atoms with Crippen LogP contribution in [0.15, 0.2) is 30.5 Å². The van der Waals surface area contributed by atoms with Gasteiger partial charge >= 0.3 is 0 Å². The number of benzene rings is 1. The van der Waals surface area contributed by atoms with E-state index in [1.165, 1.54) is 0 Å². The van der Waals surface area contributed by atoms with E-state index in [9.17, 15) is 0 Å². The Morgan fingerprint density at radius 2 is 2.21 bits per heavy atom. The molecule has 1 atom stereocenters. The molecule has 14 heavy (non-hydrogen) atoms. The fourth-order valence-electron chi connectivity index (χ4n) is 1.50. The summed E-state index contributed by atoms with van der Waals surface area (Å²) < 4.78 is 5.14. The summed E-state index contributed by atoms with van der Waals surface area (Å²) in [5.41, 5.74) is 1.01. The highest BCUT2D eigenvalue weighted by molar-refractivity contribution is 5.77. The number of hydrogen-bond donors (Lipinski definition) is 0. The molecule has 70 valence electrons. The van der Waals surface area contributed by atoms with Crippen molar-refractivity contribution in [2.24, 2.45) is 0 Å². The monoisotopic (exact) mass is 186 g/mol.